The molecule has 3 nitrogen and oxygen atoms in total. The summed E-state index contributed by atoms with van der Waals surface area (Å²) in [6.07, 6.45) is 6.47. The zero-order valence-electron chi connectivity index (χ0n) is 11.0. The van der Waals surface area contributed by atoms with E-state index in [0.29, 0.717) is 6.10 Å². The van der Waals surface area contributed by atoms with Crippen LogP contribution in [0.2, 0.25) is 0 Å². The average Bonchev–Trinajstić information content (AvgIpc) is 2.42. The number of nitrogens with two attached hydrogens (primary N) is 1. The van der Waals surface area contributed by atoms with Crippen molar-refractivity contribution < 1.29 is 4.74 Å². The summed E-state index contributed by atoms with van der Waals surface area (Å²) in [5.41, 5.74) is 7.86. The molecule has 3 heteroatoms. The number of anilines is 1. The standard InChI is InChI=1S/C15H24N2O/c16-14-8-6-13(7-9-14)4-3-10-17-12-15-5-1-2-11-18-15/h6-9,15,17H,1-5,10-12,16H2. The van der Waals surface area contributed by atoms with Crippen LogP contribution in [-0.4, -0.2) is 25.8 Å². The molecule has 1 saturated heterocycles. The van der Waals surface area contributed by atoms with Gasteiger partial charge in [-0.2, -0.15) is 0 Å². The minimum absolute atomic E-state index is 0.440. The second kappa shape index (κ2) is 7.39. The summed E-state index contributed by atoms with van der Waals surface area (Å²) < 4.78 is 5.68. The minimum atomic E-state index is 0.440. The first-order valence-electron chi connectivity index (χ1n) is 7.01. The molecule has 3 N–H and O–H groups in total. The van der Waals surface area contributed by atoms with E-state index in [1.54, 1.807) is 0 Å². The molecule has 0 saturated carbocycles. The fraction of sp³-hybridized carbons (Fsp3) is 0.600. The van der Waals surface area contributed by atoms with Gasteiger partial charge in [-0.3, -0.25) is 0 Å². The maximum Gasteiger partial charge on any atom is 0.0699 e. The van der Waals surface area contributed by atoms with E-state index in [4.69, 9.17) is 10.5 Å². The summed E-state index contributed by atoms with van der Waals surface area (Å²) in [5, 5.41) is 3.49. The van der Waals surface area contributed by atoms with Gasteiger partial charge in [-0.1, -0.05) is 12.1 Å². The van der Waals surface area contributed by atoms with Crippen molar-refractivity contribution in [2.24, 2.45) is 0 Å². The van der Waals surface area contributed by atoms with Crippen LogP contribution in [0.3, 0.4) is 0 Å². The number of nitrogen functional groups attached to an aromatic ring is 1. The number of hydrogen-bond acceptors (Lipinski definition) is 3. The Morgan fingerprint density at radius 3 is 2.78 bits per heavy atom. The third-order valence-electron chi connectivity index (χ3n) is 3.44. The Balaban J connectivity index is 1.54. The largest absolute Gasteiger partial charge is 0.399 e. The number of benzene rings is 1. The first-order chi connectivity index (χ1) is 8.84. The van der Waals surface area contributed by atoms with E-state index in [2.05, 4.69) is 17.4 Å². The van der Waals surface area contributed by atoms with Crippen LogP contribution in [-0.2, 0) is 11.2 Å². The number of ether oxygens (including phenoxy) is 1. The summed E-state index contributed by atoms with van der Waals surface area (Å²) in [6, 6.07) is 8.16. The Hall–Kier alpha value is -1.06. The van der Waals surface area contributed by atoms with E-state index in [9.17, 15) is 0 Å². The van der Waals surface area contributed by atoms with Crippen LogP contribution in [0.1, 0.15) is 31.2 Å². The van der Waals surface area contributed by atoms with Gasteiger partial charge in [-0.15, -0.1) is 0 Å². The van der Waals surface area contributed by atoms with E-state index in [1.807, 2.05) is 12.1 Å². The molecule has 0 amide bonds. The Labute approximate surface area is 110 Å². The molecule has 1 fully saturated rings. The van der Waals surface area contributed by atoms with Gasteiger partial charge < -0.3 is 15.8 Å². The van der Waals surface area contributed by atoms with E-state index < -0.39 is 0 Å². The van der Waals surface area contributed by atoms with Crippen molar-refractivity contribution in [3.63, 3.8) is 0 Å². The van der Waals surface area contributed by atoms with Crippen molar-refractivity contribution in [3.05, 3.63) is 29.8 Å². The molecule has 0 radical (unpaired) electrons. The maximum absolute atomic E-state index is 5.68. The zero-order valence-corrected chi connectivity index (χ0v) is 11.0. The first kappa shape index (κ1) is 13.4. The third kappa shape index (κ3) is 4.67. The molecule has 1 aromatic rings. The van der Waals surface area contributed by atoms with Crippen LogP contribution in [0.15, 0.2) is 24.3 Å². The van der Waals surface area contributed by atoms with E-state index in [0.717, 1.165) is 38.2 Å². The lowest BCUT2D eigenvalue weighted by molar-refractivity contribution is 0.0170. The highest BCUT2D eigenvalue weighted by molar-refractivity contribution is 5.39. The highest BCUT2D eigenvalue weighted by atomic mass is 16.5. The van der Waals surface area contributed by atoms with Gasteiger partial charge >= 0.3 is 0 Å². The highest BCUT2D eigenvalue weighted by Gasteiger charge is 2.12. The molecule has 100 valence electrons. The van der Waals surface area contributed by atoms with Crippen LogP contribution < -0.4 is 11.1 Å². The lowest BCUT2D eigenvalue weighted by atomic mass is 10.1. The van der Waals surface area contributed by atoms with Crippen molar-refractivity contribution in [2.45, 2.75) is 38.2 Å². The molecule has 1 unspecified atom stereocenters. The van der Waals surface area contributed by atoms with Gasteiger partial charge in [0, 0.05) is 18.8 Å². The SMILES string of the molecule is Nc1ccc(CCCNCC2CCCCO2)cc1. The predicted octanol–water partition coefficient (Wildman–Crippen LogP) is 2.36. The van der Waals surface area contributed by atoms with Gasteiger partial charge in [-0.05, 0) is 56.3 Å². The minimum Gasteiger partial charge on any atom is -0.399 e. The number of nitrogens with one attached hydrogen (secondary N) is 1. The molecule has 18 heavy (non-hydrogen) atoms. The molecule has 1 atom stereocenters. The molecule has 0 aromatic heterocycles. The molecule has 2 rings (SSSR count). The Morgan fingerprint density at radius 1 is 1.22 bits per heavy atom. The quantitative estimate of drug-likeness (QED) is 0.600. The normalized spacial score (nSPS) is 19.9. The molecule has 1 aliphatic rings. The maximum atomic E-state index is 5.68. The monoisotopic (exact) mass is 248 g/mol. The fourth-order valence-electron chi connectivity index (χ4n) is 2.33. The third-order valence-corrected chi connectivity index (χ3v) is 3.44. The van der Waals surface area contributed by atoms with Crippen molar-refractivity contribution in [1.29, 1.82) is 0 Å². The van der Waals surface area contributed by atoms with E-state index >= 15 is 0 Å². The smallest absolute Gasteiger partial charge is 0.0699 e. The predicted molar refractivity (Wildman–Crippen MR) is 75.6 cm³/mol. The van der Waals surface area contributed by atoms with Crippen molar-refractivity contribution in [3.8, 4) is 0 Å². The Morgan fingerprint density at radius 2 is 2.06 bits per heavy atom. The molecule has 1 heterocycles. The van der Waals surface area contributed by atoms with Crippen molar-refractivity contribution in [1.82, 2.24) is 5.32 Å². The number of hydrogen-bond donors (Lipinski definition) is 2. The molecule has 0 bridgehead atoms. The van der Waals surface area contributed by atoms with Gasteiger partial charge in [0.15, 0.2) is 0 Å². The summed E-state index contributed by atoms with van der Waals surface area (Å²) >= 11 is 0. The topological polar surface area (TPSA) is 47.3 Å². The van der Waals surface area contributed by atoms with Crippen LogP contribution in [0.25, 0.3) is 0 Å². The first-order valence-corrected chi connectivity index (χ1v) is 7.01. The summed E-state index contributed by atoms with van der Waals surface area (Å²) in [7, 11) is 0. The van der Waals surface area contributed by atoms with E-state index in [-0.39, 0.29) is 0 Å². The second-order valence-electron chi connectivity index (χ2n) is 5.04. The average molecular weight is 248 g/mol. The summed E-state index contributed by atoms with van der Waals surface area (Å²) in [6.45, 7) is 3.00. The Bertz CT molecular complexity index is 331. The molecule has 1 aliphatic heterocycles. The van der Waals surface area contributed by atoms with Gasteiger partial charge in [0.2, 0.25) is 0 Å². The lowest BCUT2D eigenvalue weighted by Crippen LogP contribution is -2.32. The van der Waals surface area contributed by atoms with Gasteiger partial charge in [0.1, 0.15) is 0 Å². The number of rotatable bonds is 6. The van der Waals surface area contributed by atoms with Crippen molar-refractivity contribution in [2.75, 3.05) is 25.4 Å². The Kier molecular flexibility index (Phi) is 5.49. The summed E-state index contributed by atoms with van der Waals surface area (Å²) in [5.74, 6) is 0. The molecular weight excluding hydrogens is 224 g/mol. The lowest BCUT2D eigenvalue weighted by Gasteiger charge is -2.22. The summed E-state index contributed by atoms with van der Waals surface area (Å²) in [4.78, 5) is 0. The van der Waals surface area contributed by atoms with Crippen LogP contribution >= 0.6 is 0 Å². The van der Waals surface area contributed by atoms with Gasteiger partial charge in [0.25, 0.3) is 0 Å². The van der Waals surface area contributed by atoms with Crippen LogP contribution in [0, 0.1) is 0 Å². The zero-order chi connectivity index (χ0) is 12.6. The molecule has 1 aromatic carbocycles. The van der Waals surface area contributed by atoms with Crippen LogP contribution in [0.4, 0.5) is 5.69 Å². The molecule has 0 aliphatic carbocycles. The molecule has 0 spiro atoms. The van der Waals surface area contributed by atoms with Gasteiger partial charge in [-0.25, -0.2) is 0 Å². The van der Waals surface area contributed by atoms with Crippen LogP contribution in [0.5, 0.6) is 0 Å². The fourth-order valence-corrected chi connectivity index (χ4v) is 2.33. The van der Waals surface area contributed by atoms with E-state index in [1.165, 1.54) is 24.8 Å². The van der Waals surface area contributed by atoms with Gasteiger partial charge in [0.05, 0.1) is 6.10 Å². The second-order valence-corrected chi connectivity index (χ2v) is 5.04. The molecular formula is C15H24N2O. The van der Waals surface area contributed by atoms with Crippen molar-refractivity contribution >= 4 is 5.69 Å². The number of aryl methyl sites for hydroxylation is 1. The highest BCUT2D eigenvalue weighted by Crippen LogP contribution is 2.11.